The molecule has 1 fully saturated rings. The van der Waals surface area contributed by atoms with Crippen molar-refractivity contribution >= 4 is 28.1 Å². The summed E-state index contributed by atoms with van der Waals surface area (Å²) in [6.07, 6.45) is 0. The van der Waals surface area contributed by atoms with Gasteiger partial charge < -0.3 is 15.0 Å². The number of amides is 1. The van der Waals surface area contributed by atoms with Crippen LogP contribution in [-0.2, 0) is 0 Å². The number of aryl methyl sites for hydroxylation is 1. The summed E-state index contributed by atoms with van der Waals surface area (Å²) in [7, 11) is 1.65. The van der Waals surface area contributed by atoms with E-state index in [1.165, 1.54) is 22.5 Å². The molecular weight excluding hydrogens is 468 g/mol. The maximum atomic E-state index is 13.3. The Morgan fingerprint density at radius 1 is 0.944 bits per heavy atom. The second kappa shape index (κ2) is 10.9. The van der Waals surface area contributed by atoms with E-state index in [4.69, 9.17) is 4.74 Å². The standard InChI is InChI=1S/C29H30N4O2S/c1-21-13-14-26(35-2)24(19-21)30-29-31-25(20-36-29)28(34)33-17-15-32(16-18-33)27(22-9-5-3-6-10-22)23-11-7-4-8-12-23/h3-14,19-20,27H,15-18H2,1-2H3,(H,30,31). The van der Waals surface area contributed by atoms with Crippen LogP contribution >= 0.6 is 11.3 Å². The number of anilines is 2. The molecule has 2 heterocycles. The van der Waals surface area contributed by atoms with E-state index in [9.17, 15) is 4.79 Å². The van der Waals surface area contributed by atoms with Crippen molar-refractivity contribution in [1.82, 2.24) is 14.8 Å². The van der Waals surface area contributed by atoms with E-state index in [2.05, 4.69) is 63.7 Å². The lowest BCUT2D eigenvalue weighted by Gasteiger charge is -2.39. The largest absolute Gasteiger partial charge is 0.495 e. The fourth-order valence-corrected chi connectivity index (χ4v) is 5.39. The molecule has 184 valence electrons. The SMILES string of the molecule is COc1ccc(C)cc1Nc1nc(C(=O)N2CCN(C(c3ccccc3)c3ccccc3)CC2)cs1. The first-order valence-corrected chi connectivity index (χ1v) is 13.0. The number of methoxy groups -OCH3 is 1. The Balaban J connectivity index is 1.26. The molecule has 1 N–H and O–H groups in total. The van der Waals surface area contributed by atoms with Crippen LogP contribution in [0.1, 0.15) is 33.2 Å². The second-order valence-electron chi connectivity index (χ2n) is 8.92. The topological polar surface area (TPSA) is 57.7 Å². The van der Waals surface area contributed by atoms with E-state index in [1.807, 2.05) is 47.5 Å². The zero-order chi connectivity index (χ0) is 24.9. The molecule has 0 saturated carbocycles. The van der Waals surface area contributed by atoms with Gasteiger partial charge in [0.25, 0.3) is 5.91 Å². The maximum Gasteiger partial charge on any atom is 0.273 e. The molecule has 0 bridgehead atoms. The van der Waals surface area contributed by atoms with Gasteiger partial charge in [0.05, 0.1) is 18.8 Å². The van der Waals surface area contributed by atoms with E-state index < -0.39 is 0 Å². The Morgan fingerprint density at radius 2 is 1.58 bits per heavy atom. The number of hydrogen-bond donors (Lipinski definition) is 1. The van der Waals surface area contributed by atoms with Gasteiger partial charge in [0.15, 0.2) is 5.13 Å². The third-order valence-corrected chi connectivity index (χ3v) is 7.27. The number of thiazole rings is 1. The number of carbonyl (C=O) groups is 1. The molecule has 1 aliphatic heterocycles. The van der Waals surface area contributed by atoms with E-state index in [1.54, 1.807) is 7.11 Å². The van der Waals surface area contributed by atoms with E-state index in [0.29, 0.717) is 23.9 Å². The molecule has 0 unspecified atom stereocenters. The lowest BCUT2D eigenvalue weighted by molar-refractivity contribution is 0.0592. The molecule has 0 atom stereocenters. The predicted molar refractivity (Wildman–Crippen MR) is 145 cm³/mol. The van der Waals surface area contributed by atoms with Gasteiger partial charge in [-0.1, -0.05) is 66.7 Å². The Bertz CT molecular complexity index is 1260. The number of benzene rings is 3. The van der Waals surface area contributed by atoms with Crippen molar-refractivity contribution in [3.05, 3.63) is 107 Å². The van der Waals surface area contributed by atoms with Crippen LogP contribution in [0.4, 0.5) is 10.8 Å². The molecule has 1 saturated heterocycles. The van der Waals surface area contributed by atoms with Crippen LogP contribution in [0.2, 0.25) is 0 Å². The number of aromatic nitrogens is 1. The normalized spacial score (nSPS) is 14.1. The fraction of sp³-hybridized carbons (Fsp3) is 0.241. The Labute approximate surface area is 216 Å². The number of nitrogens with one attached hydrogen (secondary N) is 1. The van der Waals surface area contributed by atoms with Crippen molar-refractivity contribution in [3.63, 3.8) is 0 Å². The fourth-order valence-electron chi connectivity index (χ4n) is 4.69. The molecule has 0 radical (unpaired) electrons. The highest BCUT2D eigenvalue weighted by Crippen LogP contribution is 2.31. The lowest BCUT2D eigenvalue weighted by Crippen LogP contribution is -2.50. The molecular formula is C29H30N4O2S. The van der Waals surface area contributed by atoms with Gasteiger partial charge in [-0.2, -0.15) is 0 Å². The molecule has 1 aliphatic rings. The monoisotopic (exact) mass is 498 g/mol. The molecule has 5 rings (SSSR count). The molecule has 36 heavy (non-hydrogen) atoms. The van der Waals surface area contributed by atoms with Crippen molar-refractivity contribution < 1.29 is 9.53 Å². The Hall–Kier alpha value is -3.68. The maximum absolute atomic E-state index is 13.3. The number of piperazine rings is 1. The van der Waals surface area contributed by atoms with E-state index in [0.717, 1.165) is 30.1 Å². The van der Waals surface area contributed by atoms with Gasteiger partial charge >= 0.3 is 0 Å². The molecule has 0 spiro atoms. The summed E-state index contributed by atoms with van der Waals surface area (Å²) >= 11 is 1.43. The Kier molecular flexibility index (Phi) is 7.30. The van der Waals surface area contributed by atoms with Crippen molar-refractivity contribution in [1.29, 1.82) is 0 Å². The molecule has 6 nitrogen and oxygen atoms in total. The first-order chi connectivity index (χ1) is 17.6. The Morgan fingerprint density at radius 3 is 2.19 bits per heavy atom. The van der Waals surface area contributed by atoms with Crippen molar-refractivity contribution in [2.45, 2.75) is 13.0 Å². The summed E-state index contributed by atoms with van der Waals surface area (Å²) < 4.78 is 5.45. The summed E-state index contributed by atoms with van der Waals surface area (Å²) in [5.41, 5.74) is 4.97. The molecule has 0 aliphatic carbocycles. The zero-order valence-electron chi connectivity index (χ0n) is 20.6. The highest BCUT2D eigenvalue weighted by molar-refractivity contribution is 7.14. The highest BCUT2D eigenvalue weighted by atomic mass is 32.1. The van der Waals surface area contributed by atoms with Gasteiger partial charge in [0.1, 0.15) is 11.4 Å². The van der Waals surface area contributed by atoms with Gasteiger partial charge in [-0.05, 0) is 35.7 Å². The summed E-state index contributed by atoms with van der Waals surface area (Å²) in [6, 6.07) is 27.3. The summed E-state index contributed by atoms with van der Waals surface area (Å²) in [5, 5.41) is 5.81. The summed E-state index contributed by atoms with van der Waals surface area (Å²) in [5.74, 6) is 0.720. The number of carbonyl (C=O) groups excluding carboxylic acids is 1. The smallest absolute Gasteiger partial charge is 0.273 e. The average molecular weight is 499 g/mol. The minimum absolute atomic E-state index is 0.0221. The van der Waals surface area contributed by atoms with E-state index >= 15 is 0 Å². The highest BCUT2D eigenvalue weighted by Gasteiger charge is 2.29. The van der Waals surface area contributed by atoms with Gasteiger partial charge in [0.2, 0.25) is 0 Å². The third kappa shape index (κ3) is 5.27. The van der Waals surface area contributed by atoms with Crippen LogP contribution in [0.5, 0.6) is 5.75 Å². The minimum Gasteiger partial charge on any atom is -0.495 e. The van der Waals surface area contributed by atoms with Crippen LogP contribution in [0.3, 0.4) is 0 Å². The van der Waals surface area contributed by atoms with Crippen molar-refractivity contribution in [2.24, 2.45) is 0 Å². The minimum atomic E-state index is -0.0221. The molecule has 1 aromatic heterocycles. The molecule has 1 amide bonds. The number of ether oxygens (including phenoxy) is 1. The summed E-state index contributed by atoms with van der Waals surface area (Å²) in [6.45, 7) is 4.97. The predicted octanol–water partition coefficient (Wildman–Crippen LogP) is 5.75. The van der Waals surface area contributed by atoms with E-state index in [-0.39, 0.29) is 11.9 Å². The van der Waals surface area contributed by atoms with Crippen molar-refractivity contribution in [2.75, 3.05) is 38.6 Å². The second-order valence-corrected chi connectivity index (χ2v) is 9.78. The van der Waals surface area contributed by atoms with Crippen LogP contribution in [-0.4, -0.2) is 54.0 Å². The van der Waals surface area contributed by atoms with Gasteiger partial charge in [-0.25, -0.2) is 4.98 Å². The van der Waals surface area contributed by atoms with Crippen LogP contribution in [0.15, 0.2) is 84.2 Å². The third-order valence-electron chi connectivity index (χ3n) is 6.52. The van der Waals surface area contributed by atoms with Gasteiger partial charge in [-0.15, -0.1) is 11.3 Å². The number of nitrogens with zero attached hydrogens (tertiary/aromatic N) is 3. The first-order valence-electron chi connectivity index (χ1n) is 12.1. The molecule has 7 heteroatoms. The molecule has 3 aromatic carbocycles. The quantitative estimate of drug-likeness (QED) is 0.352. The average Bonchev–Trinajstić information content (AvgIpc) is 3.39. The number of rotatable bonds is 7. The van der Waals surface area contributed by atoms with Gasteiger partial charge in [-0.3, -0.25) is 9.69 Å². The van der Waals surface area contributed by atoms with Crippen LogP contribution < -0.4 is 10.1 Å². The lowest BCUT2D eigenvalue weighted by atomic mass is 9.96. The number of hydrogen-bond acceptors (Lipinski definition) is 6. The van der Waals surface area contributed by atoms with Crippen LogP contribution in [0.25, 0.3) is 0 Å². The zero-order valence-corrected chi connectivity index (χ0v) is 21.4. The van der Waals surface area contributed by atoms with Crippen LogP contribution in [0, 0.1) is 6.92 Å². The summed E-state index contributed by atoms with van der Waals surface area (Å²) in [4.78, 5) is 22.2. The van der Waals surface area contributed by atoms with Gasteiger partial charge in [0, 0.05) is 31.6 Å². The first kappa shape index (κ1) is 24.0. The molecule has 4 aromatic rings. The van der Waals surface area contributed by atoms with Crippen molar-refractivity contribution in [3.8, 4) is 5.75 Å².